The first kappa shape index (κ1) is 32.0. The number of β-amino-alcohol motifs (C(OH)–C–C–N with tert-alkyl or cyclic N) is 1. The highest BCUT2D eigenvalue weighted by Crippen LogP contribution is 2.41. The summed E-state index contributed by atoms with van der Waals surface area (Å²) in [4.78, 5) is 71.0. The summed E-state index contributed by atoms with van der Waals surface area (Å²) in [5.74, 6) is -6.15. The molecular weight excluding hydrogens is 579 g/mol. The van der Waals surface area contributed by atoms with Gasteiger partial charge < -0.3 is 55.4 Å². The van der Waals surface area contributed by atoms with Crippen LogP contribution in [0.3, 0.4) is 0 Å². The number of carboxylic acids is 2. The lowest BCUT2D eigenvalue weighted by molar-refractivity contribution is -0.181. The molecule has 0 aliphatic carbocycles. The number of hydrogen-bond acceptors (Lipinski definition) is 13. The number of fused-ring (bicyclic) bond motifs is 2. The van der Waals surface area contributed by atoms with Crippen molar-refractivity contribution >= 4 is 48.9 Å². The summed E-state index contributed by atoms with van der Waals surface area (Å²) >= 11 is 0. The second-order valence-electron chi connectivity index (χ2n) is 9.14. The number of aliphatic hydroxyl groups is 4. The summed E-state index contributed by atoms with van der Waals surface area (Å²) in [7, 11) is -5.06. The van der Waals surface area contributed by atoms with E-state index < -0.39 is 86.9 Å². The van der Waals surface area contributed by atoms with Crippen molar-refractivity contribution in [2.24, 2.45) is 4.99 Å². The zero-order valence-electron chi connectivity index (χ0n) is 21.2. The van der Waals surface area contributed by atoms with E-state index in [0.717, 1.165) is 4.90 Å². The van der Waals surface area contributed by atoms with E-state index in [0.29, 0.717) is 11.1 Å². The van der Waals surface area contributed by atoms with Gasteiger partial charge in [0.2, 0.25) is 0 Å². The van der Waals surface area contributed by atoms with Crippen LogP contribution in [0, 0.1) is 13.8 Å². The molecule has 1 aromatic carbocycles. The van der Waals surface area contributed by atoms with Crippen LogP contribution in [0.1, 0.15) is 11.1 Å². The van der Waals surface area contributed by atoms with Crippen molar-refractivity contribution in [2.45, 2.75) is 50.1 Å². The average Bonchev–Trinajstić information content (AvgIpc) is 2.86. The van der Waals surface area contributed by atoms with Crippen molar-refractivity contribution in [3.05, 3.63) is 23.3 Å². The lowest BCUT2D eigenvalue weighted by Crippen LogP contribution is -2.72. The number of amides is 3. The lowest BCUT2D eigenvalue weighted by atomic mass is 9.97. The van der Waals surface area contributed by atoms with Crippen LogP contribution in [0.15, 0.2) is 17.1 Å². The number of carboxylic acid groups (broad SMARTS) is 2. The fraction of sp³-hybridized carbons (Fsp3) is 0.476. The Kier molecular flexibility index (Phi) is 9.18. The van der Waals surface area contributed by atoms with E-state index >= 15 is 0 Å². The smallest absolute Gasteiger partial charge is 0.469 e. The van der Waals surface area contributed by atoms with Crippen LogP contribution in [0.2, 0.25) is 0 Å². The summed E-state index contributed by atoms with van der Waals surface area (Å²) in [5, 5.41) is 64.4. The Morgan fingerprint density at radius 1 is 1.05 bits per heavy atom. The molecular formula is C21H27N4O15P. The van der Waals surface area contributed by atoms with Crippen molar-refractivity contribution in [1.82, 2.24) is 5.32 Å². The highest BCUT2D eigenvalue weighted by molar-refractivity contribution is 7.46. The highest BCUT2D eigenvalue weighted by atomic mass is 31.2. The molecule has 2 unspecified atom stereocenters. The van der Waals surface area contributed by atoms with Gasteiger partial charge >= 0.3 is 25.8 Å². The fourth-order valence-corrected chi connectivity index (χ4v) is 4.34. The Bertz CT molecular complexity index is 1330. The molecule has 2 heterocycles. The van der Waals surface area contributed by atoms with Crippen LogP contribution in [-0.2, 0) is 28.2 Å². The topological polar surface area (TPSA) is 305 Å². The Balaban J connectivity index is 2.13. The largest absolute Gasteiger partial charge is 0.479 e. The minimum atomic E-state index is -5.06. The van der Waals surface area contributed by atoms with Gasteiger partial charge in [0.05, 0.1) is 24.5 Å². The lowest BCUT2D eigenvalue weighted by Gasteiger charge is -2.47. The van der Waals surface area contributed by atoms with Gasteiger partial charge in [0.25, 0.3) is 11.6 Å². The van der Waals surface area contributed by atoms with Crippen molar-refractivity contribution in [2.75, 3.05) is 23.4 Å². The summed E-state index contributed by atoms with van der Waals surface area (Å²) in [5.41, 5.74) is -1.45. The molecule has 2 aliphatic rings. The number of aryl methyl sites for hydroxylation is 2. The average molecular weight is 606 g/mol. The molecule has 226 valence electrons. The quantitative estimate of drug-likeness (QED) is 0.106. The summed E-state index contributed by atoms with van der Waals surface area (Å²) in [6.45, 7) is 1.41. The van der Waals surface area contributed by atoms with Gasteiger partial charge in [-0.1, -0.05) is 0 Å². The van der Waals surface area contributed by atoms with E-state index in [1.54, 1.807) is 19.2 Å². The first-order chi connectivity index (χ1) is 18.9. The van der Waals surface area contributed by atoms with Gasteiger partial charge in [-0.2, -0.15) is 4.99 Å². The third kappa shape index (κ3) is 6.70. The maximum absolute atomic E-state index is 13.2. The van der Waals surface area contributed by atoms with Crippen molar-refractivity contribution in [3.8, 4) is 0 Å². The van der Waals surface area contributed by atoms with Gasteiger partial charge in [-0.3, -0.25) is 14.6 Å². The molecule has 0 saturated heterocycles. The van der Waals surface area contributed by atoms with E-state index in [2.05, 4.69) is 14.8 Å². The number of benzene rings is 1. The van der Waals surface area contributed by atoms with Gasteiger partial charge in [-0.05, 0) is 37.1 Å². The number of aliphatic carboxylic acids is 2. The molecule has 0 aromatic heterocycles. The maximum Gasteiger partial charge on any atom is 0.469 e. The zero-order chi connectivity index (χ0) is 31.0. The maximum atomic E-state index is 13.2. The number of aliphatic hydroxyl groups excluding tert-OH is 4. The minimum absolute atomic E-state index is 0.0116. The number of phosphoric ester groups is 1. The number of rotatable bonds is 12. The number of hydrogen-bond donors (Lipinski definition) is 10. The molecule has 0 spiro atoms. The molecule has 1 aromatic rings. The van der Waals surface area contributed by atoms with E-state index in [1.165, 1.54) is 12.1 Å². The van der Waals surface area contributed by atoms with Crippen LogP contribution in [-0.4, -0.2) is 120 Å². The van der Waals surface area contributed by atoms with E-state index in [9.17, 15) is 54.4 Å². The van der Waals surface area contributed by atoms with Crippen molar-refractivity contribution in [1.29, 1.82) is 0 Å². The number of nitrogens with one attached hydrogen (secondary N) is 2. The van der Waals surface area contributed by atoms with Gasteiger partial charge in [0.15, 0.2) is 18.0 Å². The number of ether oxygens (including phenoxy) is 1. The number of urea groups is 1. The Morgan fingerprint density at radius 3 is 2.22 bits per heavy atom. The molecule has 10 N–H and O–H groups in total. The fourth-order valence-electron chi connectivity index (χ4n) is 3.99. The molecule has 41 heavy (non-hydrogen) atoms. The summed E-state index contributed by atoms with van der Waals surface area (Å²) < 4.78 is 20.4. The SMILES string of the molecule is Cc1cc2c(cc1C)N(C[C@H](O)[C@H](O)[C@@H](O)COP(=O)(O)O)C1=NC(=O)NC(=O)[C@]1(OC(C(=O)O)C(O)C(=O)O)N2. The van der Waals surface area contributed by atoms with Gasteiger partial charge in [0, 0.05) is 0 Å². The number of aliphatic imine (C=N–C) groups is 1. The predicted octanol–water partition coefficient (Wildman–Crippen LogP) is -3.01. The zero-order valence-corrected chi connectivity index (χ0v) is 22.1. The van der Waals surface area contributed by atoms with E-state index in [4.69, 9.17) is 14.5 Å². The molecule has 0 saturated carbocycles. The van der Waals surface area contributed by atoms with Gasteiger partial charge in [-0.15, -0.1) is 0 Å². The summed E-state index contributed by atoms with van der Waals surface area (Å²) in [6.07, 6.45) is -11.5. The van der Waals surface area contributed by atoms with Crippen LogP contribution in [0.4, 0.5) is 16.2 Å². The van der Waals surface area contributed by atoms with Gasteiger partial charge in [0.1, 0.15) is 18.3 Å². The number of nitrogens with zero attached hydrogens (tertiary/aromatic N) is 2. The Hall–Kier alpha value is -3.52. The standard InChI is InChI=1S/C21H27N4O15P/c1-7-3-9-10(4-8(7)2)25(5-11(26)13(28)12(27)6-39-41(36,37)38)18-21(24-9,19(34)23-20(35)22-18)40-15(17(32)33)14(29)16(30)31/h3-4,11-15,24,26-29H,5-6H2,1-2H3,(H,30,31)(H,32,33)(H,23,34,35)(H2,36,37,38)/t11-,12-,13-,14?,15?,21-/m0/s1. The van der Waals surface area contributed by atoms with Crippen LogP contribution in [0.5, 0.6) is 0 Å². The normalized spacial score (nSPS) is 22.2. The molecule has 0 fully saturated rings. The van der Waals surface area contributed by atoms with Crippen molar-refractivity contribution < 1.29 is 73.4 Å². The first-order valence-corrected chi connectivity index (χ1v) is 13.1. The Labute approximate surface area is 229 Å². The number of imide groups is 1. The van der Waals surface area contributed by atoms with Gasteiger partial charge in [-0.25, -0.2) is 18.9 Å². The van der Waals surface area contributed by atoms with E-state index in [-0.39, 0.29) is 11.4 Å². The van der Waals surface area contributed by atoms with Crippen LogP contribution in [0.25, 0.3) is 0 Å². The molecule has 6 atom stereocenters. The number of carbonyl (C=O) groups is 4. The molecule has 19 nitrogen and oxygen atoms in total. The second-order valence-corrected chi connectivity index (χ2v) is 10.4. The molecule has 3 amide bonds. The predicted molar refractivity (Wildman–Crippen MR) is 133 cm³/mol. The molecule has 2 aliphatic heterocycles. The number of amidine groups is 1. The molecule has 3 rings (SSSR count). The molecule has 20 heteroatoms. The monoisotopic (exact) mass is 606 g/mol. The number of phosphoric acid groups is 1. The van der Waals surface area contributed by atoms with Crippen LogP contribution < -0.4 is 15.5 Å². The summed E-state index contributed by atoms with van der Waals surface area (Å²) in [6, 6.07) is 1.67. The third-order valence-corrected chi connectivity index (χ3v) is 6.68. The number of anilines is 2. The van der Waals surface area contributed by atoms with Crippen molar-refractivity contribution in [3.63, 3.8) is 0 Å². The minimum Gasteiger partial charge on any atom is -0.479 e. The Morgan fingerprint density at radius 2 is 1.66 bits per heavy atom. The highest BCUT2D eigenvalue weighted by Gasteiger charge is 2.58. The van der Waals surface area contributed by atoms with E-state index in [1.807, 2.05) is 0 Å². The molecule has 0 radical (unpaired) electrons. The van der Waals surface area contributed by atoms with Crippen LogP contribution >= 0.6 is 7.82 Å². The second kappa shape index (κ2) is 11.8. The number of carbonyl (C=O) groups excluding carboxylic acids is 2. The first-order valence-electron chi connectivity index (χ1n) is 11.5. The third-order valence-electron chi connectivity index (χ3n) is 6.19. The molecule has 0 bridgehead atoms.